The van der Waals surface area contributed by atoms with Gasteiger partial charge in [0, 0.05) is 0 Å². The van der Waals surface area contributed by atoms with Crippen LogP contribution in [0.5, 0.6) is 5.75 Å². The molecule has 1 rings (SSSR count). The molecule has 0 aliphatic carbocycles. The van der Waals surface area contributed by atoms with Crippen molar-refractivity contribution in [3.05, 3.63) is 30.3 Å². The molecule has 1 heteroatoms. The normalized spacial score (nSPS) is 12.6. The fraction of sp³-hybridized carbons (Fsp3) is 0.571. The van der Waals surface area contributed by atoms with Crippen LogP contribution in [0.25, 0.3) is 0 Å². The molecule has 0 fully saturated rings. The summed E-state index contributed by atoms with van der Waals surface area (Å²) in [6, 6.07) is 10.0. The summed E-state index contributed by atoms with van der Waals surface area (Å²) < 4.78 is 5.98. The summed E-state index contributed by atoms with van der Waals surface area (Å²) in [7, 11) is 0. The van der Waals surface area contributed by atoms with Gasteiger partial charge in [-0.1, -0.05) is 39.0 Å². The highest BCUT2D eigenvalue weighted by Gasteiger charge is 2.26. The summed E-state index contributed by atoms with van der Waals surface area (Å²) in [5.74, 6) is 0.951. The summed E-state index contributed by atoms with van der Waals surface area (Å²) in [4.78, 5) is 0. The zero-order valence-corrected chi connectivity index (χ0v) is 10.5. The van der Waals surface area contributed by atoms with E-state index in [9.17, 15) is 0 Å². The lowest BCUT2D eigenvalue weighted by molar-refractivity contribution is 0.0622. The zero-order valence-electron chi connectivity index (χ0n) is 10.5. The van der Waals surface area contributed by atoms with Crippen LogP contribution in [0.4, 0.5) is 0 Å². The van der Waals surface area contributed by atoms with Crippen LogP contribution >= 0.6 is 0 Å². The van der Waals surface area contributed by atoms with Crippen LogP contribution in [0.15, 0.2) is 30.3 Å². The van der Waals surface area contributed by atoms with Crippen LogP contribution in [-0.2, 0) is 0 Å². The highest BCUT2D eigenvalue weighted by Crippen LogP contribution is 2.30. The van der Waals surface area contributed by atoms with E-state index >= 15 is 0 Å². The van der Waals surface area contributed by atoms with Crippen LogP contribution in [0.1, 0.15) is 41.0 Å². The second-order valence-electron chi connectivity index (χ2n) is 5.91. The second kappa shape index (κ2) is 4.26. The van der Waals surface area contributed by atoms with E-state index in [0.717, 1.165) is 12.2 Å². The Hall–Kier alpha value is -0.980. The topological polar surface area (TPSA) is 9.23 Å². The van der Waals surface area contributed by atoms with Gasteiger partial charge in [0.2, 0.25) is 0 Å². The second-order valence-corrected chi connectivity index (χ2v) is 5.91. The Morgan fingerprint density at radius 1 is 0.933 bits per heavy atom. The maximum absolute atomic E-state index is 5.98. The minimum Gasteiger partial charge on any atom is -0.488 e. The molecule has 0 atom stereocenters. The molecule has 84 valence electrons. The third-order valence-corrected chi connectivity index (χ3v) is 2.09. The van der Waals surface area contributed by atoms with Crippen molar-refractivity contribution < 1.29 is 4.74 Å². The summed E-state index contributed by atoms with van der Waals surface area (Å²) in [5.41, 5.74) is 0.178. The largest absolute Gasteiger partial charge is 0.488 e. The first-order valence-electron chi connectivity index (χ1n) is 5.53. The zero-order chi connectivity index (χ0) is 11.5. The average Bonchev–Trinajstić information content (AvgIpc) is 1.99. The molecule has 0 radical (unpaired) electrons. The monoisotopic (exact) mass is 206 g/mol. The van der Waals surface area contributed by atoms with Gasteiger partial charge in [0.05, 0.1) is 0 Å². The molecule has 15 heavy (non-hydrogen) atoms. The van der Waals surface area contributed by atoms with Gasteiger partial charge in [0.1, 0.15) is 11.4 Å². The molecule has 0 aliphatic heterocycles. The lowest BCUT2D eigenvalue weighted by Gasteiger charge is -2.33. The van der Waals surface area contributed by atoms with Gasteiger partial charge in [-0.05, 0) is 37.8 Å². The van der Waals surface area contributed by atoms with Crippen molar-refractivity contribution in [3.63, 3.8) is 0 Å². The van der Waals surface area contributed by atoms with Gasteiger partial charge in [0.25, 0.3) is 0 Å². The third kappa shape index (κ3) is 4.87. The molecule has 0 saturated carbocycles. The Balaban J connectivity index is 2.65. The van der Waals surface area contributed by atoms with E-state index in [4.69, 9.17) is 4.74 Å². The van der Waals surface area contributed by atoms with Crippen LogP contribution in [0, 0.1) is 5.41 Å². The van der Waals surface area contributed by atoms with Crippen LogP contribution < -0.4 is 4.74 Å². The van der Waals surface area contributed by atoms with Crippen LogP contribution in [0.2, 0.25) is 0 Å². The first-order valence-corrected chi connectivity index (χ1v) is 5.53. The molecule has 0 heterocycles. The summed E-state index contributed by atoms with van der Waals surface area (Å²) in [5, 5.41) is 0. The molecule has 0 unspecified atom stereocenters. The fourth-order valence-corrected chi connectivity index (χ4v) is 2.12. The lowest BCUT2D eigenvalue weighted by Crippen LogP contribution is -2.33. The summed E-state index contributed by atoms with van der Waals surface area (Å²) >= 11 is 0. The summed E-state index contributed by atoms with van der Waals surface area (Å²) in [6.07, 6.45) is 1.04. The standard InChI is InChI=1S/C14H22O/c1-13(2,3)11-14(4,5)15-12-9-7-6-8-10-12/h6-10H,11H2,1-5H3. The van der Waals surface area contributed by atoms with E-state index < -0.39 is 0 Å². The highest BCUT2D eigenvalue weighted by molar-refractivity contribution is 5.21. The van der Waals surface area contributed by atoms with Gasteiger partial charge in [-0.25, -0.2) is 0 Å². The quantitative estimate of drug-likeness (QED) is 0.717. The molecule has 0 N–H and O–H groups in total. The Kier molecular flexibility index (Phi) is 3.43. The number of ether oxygens (including phenoxy) is 1. The van der Waals surface area contributed by atoms with Crippen molar-refractivity contribution in [2.75, 3.05) is 0 Å². The smallest absolute Gasteiger partial charge is 0.120 e. The molecule has 0 saturated heterocycles. The van der Waals surface area contributed by atoms with E-state index in [1.807, 2.05) is 30.3 Å². The summed E-state index contributed by atoms with van der Waals surface area (Å²) in [6.45, 7) is 11.0. The van der Waals surface area contributed by atoms with Gasteiger partial charge < -0.3 is 4.74 Å². The Bertz CT molecular complexity index is 293. The number of hydrogen-bond donors (Lipinski definition) is 0. The maximum atomic E-state index is 5.98. The molecule has 0 amide bonds. The first kappa shape index (κ1) is 12.1. The molecular formula is C14H22O. The van der Waals surface area contributed by atoms with Gasteiger partial charge >= 0.3 is 0 Å². The lowest BCUT2D eigenvalue weighted by atomic mass is 9.83. The van der Waals surface area contributed by atoms with E-state index in [2.05, 4.69) is 34.6 Å². The van der Waals surface area contributed by atoms with Crippen molar-refractivity contribution in [2.45, 2.75) is 46.6 Å². The Morgan fingerprint density at radius 3 is 1.93 bits per heavy atom. The molecule has 1 aromatic carbocycles. The van der Waals surface area contributed by atoms with E-state index in [-0.39, 0.29) is 11.0 Å². The van der Waals surface area contributed by atoms with Crippen LogP contribution in [0.3, 0.4) is 0 Å². The van der Waals surface area contributed by atoms with E-state index in [1.54, 1.807) is 0 Å². The minimum atomic E-state index is -0.112. The van der Waals surface area contributed by atoms with Crippen molar-refractivity contribution in [1.29, 1.82) is 0 Å². The molecule has 0 spiro atoms. The number of benzene rings is 1. The van der Waals surface area contributed by atoms with E-state index in [1.165, 1.54) is 0 Å². The van der Waals surface area contributed by atoms with Gasteiger partial charge in [-0.15, -0.1) is 0 Å². The van der Waals surface area contributed by atoms with Crippen molar-refractivity contribution in [2.24, 2.45) is 5.41 Å². The highest BCUT2D eigenvalue weighted by atomic mass is 16.5. The van der Waals surface area contributed by atoms with Crippen molar-refractivity contribution in [3.8, 4) is 5.75 Å². The van der Waals surface area contributed by atoms with Gasteiger partial charge in [-0.2, -0.15) is 0 Å². The first-order chi connectivity index (χ1) is 6.79. The van der Waals surface area contributed by atoms with Crippen molar-refractivity contribution >= 4 is 0 Å². The Labute approximate surface area is 93.5 Å². The van der Waals surface area contributed by atoms with E-state index in [0.29, 0.717) is 0 Å². The van der Waals surface area contributed by atoms with Gasteiger partial charge in [0.15, 0.2) is 0 Å². The SMILES string of the molecule is CC(C)(C)CC(C)(C)Oc1ccccc1. The average molecular weight is 206 g/mol. The Morgan fingerprint density at radius 2 is 1.47 bits per heavy atom. The van der Waals surface area contributed by atoms with Gasteiger partial charge in [-0.3, -0.25) is 0 Å². The maximum Gasteiger partial charge on any atom is 0.120 e. The number of rotatable bonds is 3. The fourth-order valence-electron chi connectivity index (χ4n) is 2.12. The minimum absolute atomic E-state index is 0.112. The number of hydrogen-bond acceptors (Lipinski definition) is 1. The number of para-hydroxylation sites is 1. The third-order valence-electron chi connectivity index (χ3n) is 2.09. The molecule has 1 nitrogen and oxygen atoms in total. The molecular weight excluding hydrogens is 184 g/mol. The van der Waals surface area contributed by atoms with Crippen molar-refractivity contribution in [1.82, 2.24) is 0 Å². The predicted molar refractivity (Wildman–Crippen MR) is 65.2 cm³/mol. The molecule has 0 aliphatic rings. The van der Waals surface area contributed by atoms with Crippen LogP contribution in [-0.4, -0.2) is 5.60 Å². The molecule has 0 aromatic heterocycles. The predicted octanol–water partition coefficient (Wildman–Crippen LogP) is 4.28. The molecule has 0 bridgehead atoms. The molecule has 1 aromatic rings.